The molecule has 0 aliphatic heterocycles. The fourth-order valence-electron chi connectivity index (χ4n) is 1.33. The number of ether oxygens (including phenoxy) is 2. The second kappa shape index (κ2) is 6.02. The van der Waals surface area contributed by atoms with Gasteiger partial charge < -0.3 is 9.47 Å². The summed E-state index contributed by atoms with van der Waals surface area (Å²) in [6, 6.07) is 8.87. The zero-order valence-electron chi connectivity index (χ0n) is 9.30. The van der Waals surface area contributed by atoms with Crippen molar-refractivity contribution in [3.05, 3.63) is 35.9 Å². The molecule has 16 heavy (non-hydrogen) atoms. The Labute approximate surface area is 94.2 Å². The Hall–Kier alpha value is -1.68. The molecule has 0 aliphatic rings. The van der Waals surface area contributed by atoms with E-state index in [4.69, 9.17) is 9.47 Å². The Morgan fingerprint density at radius 3 is 2.38 bits per heavy atom. The Kier molecular flexibility index (Phi) is 4.66. The first-order valence-corrected chi connectivity index (χ1v) is 4.89. The summed E-state index contributed by atoms with van der Waals surface area (Å²) in [6.07, 6.45) is -0.876. The summed E-state index contributed by atoms with van der Waals surface area (Å²) < 4.78 is 9.73. The van der Waals surface area contributed by atoms with Crippen LogP contribution in [0.2, 0.25) is 0 Å². The molecule has 0 radical (unpaired) electrons. The van der Waals surface area contributed by atoms with Gasteiger partial charge in [0, 0.05) is 19.6 Å². The normalized spacial score (nSPS) is 11.9. The monoisotopic (exact) mass is 222 g/mol. The molecule has 0 saturated carbocycles. The van der Waals surface area contributed by atoms with Gasteiger partial charge in [0.1, 0.15) is 6.61 Å². The number of ketones is 1. The number of benzene rings is 1. The van der Waals surface area contributed by atoms with Crippen LogP contribution in [0.3, 0.4) is 0 Å². The minimum atomic E-state index is -0.876. The minimum Gasteiger partial charge on any atom is -0.449 e. The molecule has 86 valence electrons. The molecular weight excluding hydrogens is 208 g/mol. The highest BCUT2D eigenvalue weighted by Gasteiger charge is 2.22. The summed E-state index contributed by atoms with van der Waals surface area (Å²) >= 11 is 0. The molecule has 0 spiro atoms. The van der Waals surface area contributed by atoms with E-state index in [0.29, 0.717) is 5.56 Å². The van der Waals surface area contributed by atoms with E-state index in [2.05, 4.69) is 0 Å². The molecule has 0 N–H and O–H groups in total. The minimum absolute atomic E-state index is 0.0765. The average molecular weight is 222 g/mol. The van der Waals surface area contributed by atoms with Gasteiger partial charge in [-0.15, -0.1) is 0 Å². The van der Waals surface area contributed by atoms with E-state index < -0.39 is 12.1 Å². The number of carbonyl (C=O) groups excluding carboxylic acids is 2. The topological polar surface area (TPSA) is 52.6 Å². The molecule has 0 aliphatic carbocycles. The van der Waals surface area contributed by atoms with E-state index in [-0.39, 0.29) is 12.4 Å². The number of Topliss-reactive ketones (excluding diaryl/α,β-unsaturated/α-hetero) is 1. The van der Waals surface area contributed by atoms with Crippen LogP contribution in [-0.4, -0.2) is 25.5 Å². The van der Waals surface area contributed by atoms with Crippen LogP contribution in [0, 0.1) is 0 Å². The maximum Gasteiger partial charge on any atom is 0.303 e. The Morgan fingerprint density at radius 1 is 1.25 bits per heavy atom. The smallest absolute Gasteiger partial charge is 0.303 e. The predicted octanol–water partition coefficient (Wildman–Crippen LogP) is 1.51. The zero-order chi connectivity index (χ0) is 12.0. The lowest BCUT2D eigenvalue weighted by Crippen LogP contribution is -2.22. The highest BCUT2D eigenvalue weighted by atomic mass is 16.5. The van der Waals surface area contributed by atoms with E-state index in [0.717, 1.165) is 0 Å². The molecule has 1 atom stereocenters. The third kappa shape index (κ3) is 3.47. The summed E-state index contributed by atoms with van der Waals surface area (Å²) in [5.74, 6) is -0.762. The van der Waals surface area contributed by atoms with Gasteiger partial charge in [-0.25, -0.2) is 0 Å². The fourth-order valence-corrected chi connectivity index (χ4v) is 1.33. The van der Waals surface area contributed by atoms with E-state index in [1.165, 1.54) is 14.0 Å². The number of rotatable bonds is 5. The summed E-state index contributed by atoms with van der Waals surface area (Å²) in [5, 5.41) is 0. The zero-order valence-corrected chi connectivity index (χ0v) is 9.30. The van der Waals surface area contributed by atoms with Gasteiger partial charge in [0.05, 0.1) is 0 Å². The predicted molar refractivity (Wildman–Crippen MR) is 57.8 cm³/mol. The molecule has 0 heterocycles. The van der Waals surface area contributed by atoms with Crippen molar-refractivity contribution >= 4 is 11.8 Å². The van der Waals surface area contributed by atoms with Crippen molar-refractivity contribution in [3.8, 4) is 0 Å². The van der Waals surface area contributed by atoms with E-state index in [1.807, 2.05) is 6.07 Å². The van der Waals surface area contributed by atoms with Gasteiger partial charge in [-0.3, -0.25) is 9.59 Å². The van der Waals surface area contributed by atoms with Gasteiger partial charge in [0.2, 0.25) is 5.78 Å². The Morgan fingerprint density at radius 2 is 1.88 bits per heavy atom. The van der Waals surface area contributed by atoms with E-state index >= 15 is 0 Å². The van der Waals surface area contributed by atoms with Crippen LogP contribution in [0.25, 0.3) is 0 Å². The molecule has 0 fully saturated rings. The molecule has 0 aromatic heterocycles. The lowest BCUT2D eigenvalue weighted by Gasteiger charge is -2.15. The second-order valence-corrected chi connectivity index (χ2v) is 3.30. The second-order valence-electron chi connectivity index (χ2n) is 3.30. The van der Waals surface area contributed by atoms with Crippen LogP contribution in [0.5, 0.6) is 0 Å². The van der Waals surface area contributed by atoms with Crippen LogP contribution >= 0.6 is 0 Å². The average Bonchev–Trinajstić information content (AvgIpc) is 2.27. The number of esters is 1. The van der Waals surface area contributed by atoms with Crippen molar-refractivity contribution in [1.29, 1.82) is 0 Å². The van der Waals surface area contributed by atoms with Crippen molar-refractivity contribution < 1.29 is 19.1 Å². The van der Waals surface area contributed by atoms with Crippen LogP contribution in [-0.2, 0) is 19.1 Å². The molecule has 1 aromatic carbocycles. The summed E-state index contributed by atoms with van der Waals surface area (Å²) in [5.41, 5.74) is 0.653. The summed E-state index contributed by atoms with van der Waals surface area (Å²) in [6.45, 7) is 1.20. The standard InChI is InChI=1S/C12H14O4/c1-9(13)16-12(11(14)8-15-2)10-6-4-3-5-7-10/h3-7,12H,8H2,1-2H3. The van der Waals surface area contributed by atoms with Crippen molar-refractivity contribution in [3.63, 3.8) is 0 Å². The molecule has 4 heteroatoms. The lowest BCUT2D eigenvalue weighted by molar-refractivity contribution is -0.154. The number of carbonyl (C=O) groups is 2. The highest BCUT2D eigenvalue weighted by Crippen LogP contribution is 2.18. The van der Waals surface area contributed by atoms with Crippen molar-refractivity contribution in [2.75, 3.05) is 13.7 Å². The Bertz CT molecular complexity index is 359. The maximum atomic E-state index is 11.7. The van der Waals surface area contributed by atoms with Gasteiger partial charge in [-0.2, -0.15) is 0 Å². The quantitative estimate of drug-likeness (QED) is 0.708. The fraction of sp³-hybridized carbons (Fsp3) is 0.333. The van der Waals surface area contributed by atoms with Crippen molar-refractivity contribution in [2.24, 2.45) is 0 Å². The number of hydrogen-bond donors (Lipinski definition) is 0. The molecule has 0 amide bonds. The molecule has 0 bridgehead atoms. The first-order valence-electron chi connectivity index (χ1n) is 4.89. The third-order valence-corrected chi connectivity index (χ3v) is 1.97. The summed E-state index contributed by atoms with van der Waals surface area (Å²) in [4.78, 5) is 22.6. The molecule has 1 unspecified atom stereocenters. The molecule has 1 rings (SSSR count). The molecule has 1 aromatic rings. The van der Waals surface area contributed by atoms with Gasteiger partial charge in [-0.1, -0.05) is 30.3 Å². The third-order valence-electron chi connectivity index (χ3n) is 1.97. The first kappa shape index (κ1) is 12.4. The van der Waals surface area contributed by atoms with Crippen molar-refractivity contribution in [2.45, 2.75) is 13.0 Å². The SMILES string of the molecule is COCC(=O)C(OC(C)=O)c1ccccc1. The molecule has 4 nitrogen and oxygen atoms in total. The maximum absolute atomic E-state index is 11.7. The van der Waals surface area contributed by atoms with E-state index in [9.17, 15) is 9.59 Å². The lowest BCUT2D eigenvalue weighted by atomic mass is 10.1. The van der Waals surface area contributed by atoms with Gasteiger partial charge in [0.15, 0.2) is 6.10 Å². The first-order chi connectivity index (χ1) is 7.65. The number of methoxy groups -OCH3 is 1. The van der Waals surface area contributed by atoms with Crippen LogP contribution in [0.15, 0.2) is 30.3 Å². The largest absolute Gasteiger partial charge is 0.449 e. The molecule has 0 saturated heterocycles. The summed E-state index contributed by atoms with van der Waals surface area (Å²) in [7, 11) is 1.42. The van der Waals surface area contributed by atoms with Gasteiger partial charge in [-0.05, 0) is 0 Å². The Balaban J connectivity index is 2.87. The van der Waals surface area contributed by atoms with Crippen LogP contribution < -0.4 is 0 Å². The van der Waals surface area contributed by atoms with E-state index in [1.54, 1.807) is 24.3 Å². The molecular formula is C12H14O4. The van der Waals surface area contributed by atoms with Crippen LogP contribution in [0.4, 0.5) is 0 Å². The van der Waals surface area contributed by atoms with Crippen LogP contribution in [0.1, 0.15) is 18.6 Å². The van der Waals surface area contributed by atoms with Gasteiger partial charge in [0.25, 0.3) is 0 Å². The van der Waals surface area contributed by atoms with Gasteiger partial charge >= 0.3 is 5.97 Å². The highest BCUT2D eigenvalue weighted by molar-refractivity contribution is 5.87. The number of hydrogen-bond acceptors (Lipinski definition) is 4. The van der Waals surface area contributed by atoms with Crippen molar-refractivity contribution in [1.82, 2.24) is 0 Å².